The third-order valence-corrected chi connectivity index (χ3v) is 9.38. The number of carbonyl (C=O) groups is 2. The maximum absolute atomic E-state index is 16.0. The van der Waals surface area contributed by atoms with Crippen LogP contribution in [0.1, 0.15) is 54.6 Å². The Hall–Kier alpha value is -3.83. The molecule has 2 amide bonds. The van der Waals surface area contributed by atoms with Crippen LogP contribution in [0, 0.1) is 28.4 Å². The van der Waals surface area contributed by atoms with Crippen molar-refractivity contribution in [1.29, 1.82) is 5.26 Å². The van der Waals surface area contributed by atoms with Crippen LogP contribution in [0.2, 0.25) is 10.0 Å². The molecule has 52 heavy (non-hydrogen) atoms. The van der Waals surface area contributed by atoms with E-state index in [1.807, 2.05) is 27.8 Å². The van der Waals surface area contributed by atoms with Crippen LogP contribution < -0.4 is 26.0 Å². The average Bonchev–Trinajstić information content (AvgIpc) is 3.41. The highest BCUT2D eigenvalue weighted by atomic mass is 35.5. The molecule has 10 nitrogen and oxygen atoms in total. The molecule has 4 atom stereocenters. The molecule has 14 heteroatoms. The molecule has 0 bridgehead atoms. The predicted octanol–water partition coefficient (Wildman–Crippen LogP) is 6.22. The van der Waals surface area contributed by atoms with Gasteiger partial charge >= 0.3 is 0 Å². The van der Waals surface area contributed by atoms with Crippen LogP contribution in [0.25, 0.3) is 0 Å². The highest BCUT2D eigenvalue weighted by Gasteiger charge is 2.61. The van der Waals surface area contributed by atoms with E-state index in [1.165, 1.54) is 55.6 Å². The van der Waals surface area contributed by atoms with Crippen molar-refractivity contribution in [2.75, 3.05) is 59.0 Å². The molecule has 1 aliphatic heterocycles. The molecule has 0 aliphatic carbocycles. The zero-order valence-electron chi connectivity index (χ0n) is 29.9. The lowest BCUT2D eigenvalue weighted by Crippen LogP contribution is -2.45. The van der Waals surface area contributed by atoms with Crippen LogP contribution in [0.4, 0.5) is 14.5 Å². The molecule has 280 valence electrons. The number of carbonyl (C=O) groups excluding carboxylic acids is 2. The number of nitrogens with zero attached hydrogens (tertiary/aromatic N) is 1. The SMILES string of the molecule is CNCCOCCOCCNC(=O)c1ccc(NC(=O)[C@@H]2N[C@@H](CC(C)(C)C)[C@](C#N)(c3ccc(Cl)cc3F)[C@H]2c2cccc(Cl)c2F)c(OC)c1. The second-order valence-corrected chi connectivity index (χ2v) is 14.5. The average molecular weight is 761 g/mol. The highest BCUT2D eigenvalue weighted by Crippen LogP contribution is 2.53. The molecule has 0 saturated carbocycles. The molecule has 1 heterocycles. The Kier molecular flexibility index (Phi) is 14.4. The van der Waals surface area contributed by atoms with Crippen LogP contribution in [-0.4, -0.2) is 77.6 Å². The Bertz CT molecular complexity index is 1770. The van der Waals surface area contributed by atoms with Gasteiger partial charge in [-0.3, -0.25) is 9.59 Å². The number of nitrogens with one attached hydrogen (secondary N) is 4. The van der Waals surface area contributed by atoms with Crippen LogP contribution in [0.5, 0.6) is 5.75 Å². The van der Waals surface area contributed by atoms with Gasteiger partial charge in [-0.05, 0) is 60.8 Å². The van der Waals surface area contributed by atoms with E-state index in [0.29, 0.717) is 26.2 Å². The lowest BCUT2D eigenvalue weighted by molar-refractivity contribution is -0.118. The van der Waals surface area contributed by atoms with Crippen molar-refractivity contribution in [3.63, 3.8) is 0 Å². The number of rotatable bonds is 16. The topological polar surface area (TPSA) is 134 Å². The summed E-state index contributed by atoms with van der Waals surface area (Å²) in [6, 6.07) is 13.1. The van der Waals surface area contributed by atoms with Gasteiger partial charge in [-0.25, -0.2) is 8.78 Å². The van der Waals surface area contributed by atoms with Crippen LogP contribution in [-0.2, 0) is 19.7 Å². The van der Waals surface area contributed by atoms with Gasteiger partial charge in [-0.15, -0.1) is 0 Å². The van der Waals surface area contributed by atoms with Crippen LogP contribution in [0.15, 0.2) is 54.6 Å². The van der Waals surface area contributed by atoms with Crippen molar-refractivity contribution in [2.45, 2.75) is 50.6 Å². The van der Waals surface area contributed by atoms with Gasteiger partial charge < -0.3 is 35.5 Å². The van der Waals surface area contributed by atoms with Gasteiger partial charge in [0, 0.05) is 41.2 Å². The summed E-state index contributed by atoms with van der Waals surface area (Å²) in [5.41, 5.74) is -1.76. The van der Waals surface area contributed by atoms with Crippen molar-refractivity contribution >= 4 is 40.7 Å². The van der Waals surface area contributed by atoms with E-state index in [9.17, 15) is 14.9 Å². The Morgan fingerprint density at radius 3 is 2.35 bits per heavy atom. The standard InChI is InChI=1S/C38H45Cl2F2N5O5/c1-37(2,3)21-31-38(22-43,26-11-10-24(39)20-28(26)41)32(25-7-6-8-27(40)33(25)42)34(47-31)36(49)46-29-12-9-23(19-30(29)50-5)35(48)45-14-16-52-18-17-51-15-13-44-4/h6-12,19-20,31-32,34,44,47H,13-18,21H2,1-5H3,(H,45,48)(H,46,49)/t31-,32-,34+,38-/m0/s1. The van der Waals surface area contributed by atoms with E-state index >= 15 is 8.78 Å². The van der Waals surface area contributed by atoms with Gasteiger partial charge in [0.25, 0.3) is 5.91 Å². The minimum Gasteiger partial charge on any atom is -0.495 e. The molecule has 0 aromatic heterocycles. The van der Waals surface area contributed by atoms with E-state index in [0.717, 1.165) is 12.6 Å². The monoisotopic (exact) mass is 759 g/mol. The summed E-state index contributed by atoms with van der Waals surface area (Å²) in [5, 5.41) is 22.9. The lowest BCUT2D eigenvalue weighted by Gasteiger charge is -2.37. The van der Waals surface area contributed by atoms with Gasteiger partial charge in [0.1, 0.15) is 22.8 Å². The second kappa shape index (κ2) is 18.3. The first-order chi connectivity index (χ1) is 24.8. The molecular weight excluding hydrogens is 715 g/mol. The number of hydrogen-bond donors (Lipinski definition) is 4. The summed E-state index contributed by atoms with van der Waals surface area (Å²) in [6.07, 6.45) is 0.313. The summed E-state index contributed by atoms with van der Waals surface area (Å²) in [6.45, 7) is 8.57. The molecule has 1 aliphatic rings. The smallest absolute Gasteiger partial charge is 0.251 e. The quantitative estimate of drug-likeness (QED) is 0.127. The maximum atomic E-state index is 16.0. The number of ether oxygens (including phenoxy) is 3. The normalized spacial score (nSPS) is 20.0. The molecule has 0 spiro atoms. The summed E-state index contributed by atoms with van der Waals surface area (Å²) in [4.78, 5) is 27.2. The molecule has 0 unspecified atom stereocenters. The maximum Gasteiger partial charge on any atom is 0.251 e. The fourth-order valence-corrected chi connectivity index (χ4v) is 6.88. The van der Waals surface area contributed by atoms with Gasteiger partial charge in [-0.1, -0.05) is 62.2 Å². The predicted molar refractivity (Wildman–Crippen MR) is 197 cm³/mol. The molecule has 3 aromatic carbocycles. The van der Waals surface area contributed by atoms with Crippen molar-refractivity contribution in [1.82, 2.24) is 16.0 Å². The van der Waals surface area contributed by atoms with Crippen molar-refractivity contribution in [3.8, 4) is 11.8 Å². The third kappa shape index (κ3) is 9.58. The first kappa shape index (κ1) is 40.9. The van der Waals surface area contributed by atoms with Crippen molar-refractivity contribution < 1.29 is 32.6 Å². The van der Waals surface area contributed by atoms with Gasteiger partial charge in [0.15, 0.2) is 0 Å². The molecular formula is C38H45Cl2F2N5O5. The number of halogens is 4. The summed E-state index contributed by atoms with van der Waals surface area (Å²) < 4.78 is 48.4. The summed E-state index contributed by atoms with van der Waals surface area (Å²) in [7, 11) is 3.23. The minimum absolute atomic E-state index is 0.0305. The van der Waals surface area contributed by atoms with Crippen molar-refractivity contribution in [2.24, 2.45) is 5.41 Å². The fourth-order valence-electron chi connectivity index (χ4n) is 6.54. The lowest BCUT2D eigenvalue weighted by atomic mass is 9.62. The number of likely N-dealkylation sites (N-methyl/N-ethyl adjacent to an activating group) is 1. The molecule has 4 rings (SSSR count). The largest absolute Gasteiger partial charge is 0.495 e. The minimum atomic E-state index is -1.79. The number of nitriles is 1. The Morgan fingerprint density at radius 2 is 1.71 bits per heavy atom. The Labute approximate surface area is 313 Å². The third-order valence-electron chi connectivity index (χ3n) is 8.85. The molecule has 4 N–H and O–H groups in total. The van der Waals surface area contributed by atoms with E-state index < -0.39 is 46.4 Å². The highest BCUT2D eigenvalue weighted by molar-refractivity contribution is 6.31. The number of anilines is 1. The molecule has 1 fully saturated rings. The second-order valence-electron chi connectivity index (χ2n) is 13.7. The Morgan fingerprint density at radius 1 is 1.00 bits per heavy atom. The van der Waals surface area contributed by atoms with E-state index in [4.69, 9.17) is 37.4 Å². The first-order valence-corrected chi connectivity index (χ1v) is 17.7. The molecule has 0 radical (unpaired) electrons. The molecule has 1 saturated heterocycles. The fraction of sp³-hybridized carbons (Fsp3) is 0.447. The number of hydrogen-bond acceptors (Lipinski definition) is 8. The van der Waals surface area contributed by atoms with Gasteiger partial charge in [-0.2, -0.15) is 5.26 Å². The van der Waals surface area contributed by atoms with E-state index in [1.54, 1.807) is 0 Å². The van der Waals surface area contributed by atoms with Crippen molar-refractivity contribution in [3.05, 3.63) is 93.0 Å². The van der Waals surface area contributed by atoms with E-state index in [-0.39, 0.29) is 57.2 Å². The first-order valence-electron chi connectivity index (χ1n) is 16.9. The van der Waals surface area contributed by atoms with Crippen LogP contribution >= 0.6 is 23.2 Å². The Balaban J connectivity index is 1.63. The van der Waals surface area contributed by atoms with E-state index in [2.05, 4.69) is 27.3 Å². The summed E-state index contributed by atoms with van der Waals surface area (Å²) in [5.74, 6) is -3.68. The van der Waals surface area contributed by atoms with Gasteiger partial charge in [0.2, 0.25) is 5.91 Å². The number of amides is 2. The molecule has 3 aromatic rings. The van der Waals surface area contributed by atoms with Gasteiger partial charge in [0.05, 0.1) is 56.4 Å². The van der Waals surface area contributed by atoms with Crippen LogP contribution in [0.3, 0.4) is 0 Å². The zero-order valence-corrected chi connectivity index (χ0v) is 31.4. The zero-order chi connectivity index (χ0) is 38.1. The number of methoxy groups -OCH3 is 1. The summed E-state index contributed by atoms with van der Waals surface area (Å²) >= 11 is 12.4. The number of benzene rings is 3.